The monoisotopic (exact) mass is 390 g/mol. The highest BCUT2D eigenvalue weighted by Crippen LogP contribution is 2.20. The fourth-order valence-corrected chi connectivity index (χ4v) is 3.57. The molecule has 3 rings (SSSR count). The van der Waals surface area contributed by atoms with Crippen molar-refractivity contribution in [3.8, 4) is 5.75 Å². The Morgan fingerprint density at radius 3 is 2.57 bits per heavy atom. The van der Waals surface area contributed by atoms with Crippen LogP contribution in [0.2, 0.25) is 0 Å². The zero-order valence-corrected chi connectivity index (χ0v) is 16.6. The molecule has 0 saturated carbocycles. The number of likely N-dealkylation sites (tertiary alicyclic amines) is 1. The van der Waals surface area contributed by atoms with Gasteiger partial charge in [-0.25, -0.2) is 0 Å². The molecular formula is C21H30N2O5. The minimum Gasteiger partial charge on any atom is -0.493 e. The maximum absolute atomic E-state index is 12.5. The Morgan fingerprint density at radius 1 is 1.11 bits per heavy atom. The van der Waals surface area contributed by atoms with E-state index in [1.54, 1.807) is 0 Å². The summed E-state index contributed by atoms with van der Waals surface area (Å²) in [6.45, 7) is 7.12. The second-order valence-electron chi connectivity index (χ2n) is 7.23. The Balaban J connectivity index is 1.46. The van der Waals surface area contributed by atoms with Crippen LogP contribution >= 0.6 is 0 Å². The first-order valence-electron chi connectivity index (χ1n) is 10.1. The minimum absolute atomic E-state index is 0.0329. The van der Waals surface area contributed by atoms with Crippen LogP contribution in [-0.4, -0.2) is 80.8 Å². The van der Waals surface area contributed by atoms with Gasteiger partial charge in [0.15, 0.2) is 0 Å². The number of ether oxygens (including phenoxy) is 3. The highest BCUT2D eigenvalue weighted by molar-refractivity contribution is 5.94. The molecule has 0 N–H and O–H groups in total. The Morgan fingerprint density at radius 2 is 1.86 bits per heavy atom. The topological polar surface area (TPSA) is 68.3 Å². The van der Waals surface area contributed by atoms with Gasteiger partial charge in [-0.3, -0.25) is 9.59 Å². The number of carbonyl (C=O) groups excluding carboxylic acids is 2. The van der Waals surface area contributed by atoms with Crippen LogP contribution in [0.1, 0.15) is 30.1 Å². The average molecular weight is 390 g/mol. The molecule has 2 heterocycles. The number of piperidine rings is 1. The molecule has 0 radical (unpaired) electrons. The first kappa shape index (κ1) is 20.6. The van der Waals surface area contributed by atoms with E-state index in [4.69, 9.17) is 14.2 Å². The van der Waals surface area contributed by atoms with E-state index in [2.05, 4.69) is 0 Å². The van der Waals surface area contributed by atoms with E-state index in [9.17, 15) is 9.59 Å². The molecule has 1 aromatic carbocycles. The van der Waals surface area contributed by atoms with Crippen LogP contribution in [0.3, 0.4) is 0 Å². The van der Waals surface area contributed by atoms with E-state index in [1.807, 2.05) is 41.0 Å². The molecule has 154 valence electrons. The number of hydrogen-bond donors (Lipinski definition) is 0. The summed E-state index contributed by atoms with van der Waals surface area (Å²) in [4.78, 5) is 28.3. The van der Waals surface area contributed by atoms with Gasteiger partial charge in [0.05, 0.1) is 19.8 Å². The number of hydrogen-bond acceptors (Lipinski definition) is 5. The average Bonchev–Trinajstić information content (AvgIpc) is 2.76. The van der Waals surface area contributed by atoms with Crippen LogP contribution in [0.25, 0.3) is 0 Å². The molecule has 2 aliphatic rings. The molecule has 0 unspecified atom stereocenters. The fourth-order valence-electron chi connectivity index (χ4n) is 3.57. The number of amides is 2. The van der Waals surface area contributed by atoms with Gasteiger partial charge >= 0.3 is 0 Å². The molecule has 0 spiro atoms. The molecule has 0 aromatic heterocycles. The van der Waals surface area contributed by atoms with E-state index in [1.165, 1.54) is 0 Å². The molecule has 7 heteroatoms. The van der Waals surface area contributed by atoms with E-state index in [-0.39, 0.29) is 18.4 Å². The number of rotatable bonds is 7. The van der Waals surface area contributed by atoms with Crippen molar-refractivity contribution in [2.24, 2.45) is 5.92 Å². The van der Waals surface area contributed by atoms with Gasteiger partial charge in [-0.05, 0) is 44.0 Å². The summed E-state index contributed by atoms with van der Waals surface area (Å²) in [5.41, 5.74) is 0.666. The lowest BCUT2D eigenvalue weighted by Gasteiger charge is -2.32. The first-order chi connectivity index (χ1) is 13.7. The minimum atomic E-state index is 0.0329. The second kappa shape index (κ2) is 10.4. The van der Waals surface area contributed by atoms with Gasteiger partial charge in [-0.2, -0.15) is 0 Å². The van der Waals surface area contributed by atoms with Crippen molar-refractivity contribution in [3.05, 3.63) is 29.8 Å². The van der Waals surface area contributed by atoms with Crippen LogP contribution < -0.4 is 4.74 Å². The molecule has 28 heavy (non-hydrogen) atoms. The molecule has 1 atom stereocenters. The van der Waals surface area contributed by atoms with Crippen LogP contribution in [0.4, 0.5) is 0 Å². The van der Waals surface area contributed by atoms with Gasteiger partial charge in [0.25, 0.3) is 5.91 Å². The summed E-state index contributed by atoms with van der Waals surface area (Å²) in [5, 5.41) is 0. The van der Waals surface area contributed by atoms with Crippen molar-refractivity contribution in [2.75, 3.05) is 59.2 Å². The highest BCUT2D eigenvalue weighted by atomic mass is 16.5. The van der Waals surface area contributed by atoms with Crippen molar-refractivity contribution >= 4 is 11.8 Å². The maximum Gasteiger partial charge on any atom is 0.254 e. The predicted octanol–water partition coefficient (Wildman–Crippen LogP) is 1.81. The molecule has 0 bridgehead atoms. The fraction of sp³-hybridized carbons (Fsp3) is 0.619. The Labute approximate surface area is 166 Å². The third kappa shape index (κ3) is 5.69. The van der Waals surface area contributed by atoms with Crippen molar-refractivity contribution in [3.63, 3.8) is 0 Å². The molecule has 2 aliphatic heterocycles. The van der Waals surface area contributed by atoms with Crippen molar-refractivity contribution in [1.29, 1.82) is 0 Å². The summed E-state index contributed by atoms with van der Waals surface area (Å²) < 4.78 is 16.4. The molecule has 7 nitrogen and oxygen atoms in total. The molecule has 2 amide bonds. The Hall–Kier alpha value is -2.12. The molecule has 1 aromatic rings. The van der Waals surface area contributed by atoms with Crippen LogP contribution in [-0.2, 0) is 14.3 Å². The quantitative estimate of drug-likeness (QED) is 0.710. The van der Waals surface area contributed by atoms with Crippen molar-refractivity contribution in [1.82, 2.24) is 9.80 Å². The normalized spacial score (nSPS) is 20.1. The van der Waals surface area contributed by atoms with Crippen molar-refractivity contribution < 1.29 is 23.8 Å². The van der Waals surface area contributed by atoms with Crippen LogP contribution in [0.5, 0.6) is 5.75 Å². The largest absolute Gasteiger partial charge is 0.493 e. The SMILES string of the molecule is CCOCC(=O)N1CCC[C@H](COc2ccc(C(=O)N3CCOCC3)cc2)C1. The second-order valence-corrected chi connectivity index (χ2v) is 7.23. The van der Waals surface area contributed by atoms with Crippen LogP contribution in [0, 0.1) is 5.92 Å². The first-order valence-corrected chi connectivity index (χ1v) is 10.1. The van der Waals surface area contributed by atoms with Crippen molar-refractivity contribution in [2.45, 2.75) is 19.8 Å². The summed E-state index contributed by atoms with van der Waals surface area (Å²) >= 11 is 0. The van der Waals surface area contributed by atoms with Gasteiger partial charge in [0, 0.05) is 44.3 Å². The van der Waals surface area contributed by atoms with Gasteiger partial charge in [-0.1, -0.05) is 0 Å². The molecular weight excluding hydrogens is 360 g/mol. The Kier molecular flexibility index (Phi) is 7.68. The molecule has 2 saturated heterocycles. The molecule has 0 aliphatic carbocycles. The van der Waals surface area contributed by atoms with Gasteiger partial charge in [-0.15, -0.1) is 0 Å². The van der Waals surface area contributed by atoms with Crippen LogP contribution in [0.15, 0.2) is 24.3 Å². The van der Waals surface area contributed by atoms with Gasteiger partial charge in [0.1, 0.15) is 12.4 Å². The van der Waals surface area contributed by atoms with E-state index >= 15 is 0 Å². The predicted molar refractivity (Wildman–Crippen MR) is 104 cm³/mol. The number of nitrogens with zero attached hydrogens (tertiary/aromatic N) is 2. The highest BCUT2D eigenvalue weighted by Gasteiger charge is 2.24. The zero-order chi connectivity index (χ0) is 19.8. The lowest BCUT2D eigenvalue weighted by Crippen LogP contribution is -2.43. The molecule has 2 fully saturated rings. The lowest BCUT2D eigenvalue weighted by atomic mass is 9.99. The zero-order valence-electron chi connectivity index (χ0n) is 16.6. The van der Waals surface area contributed by atoms with Gasteiger partial charge in [0.2, 0.25) is 5.91 Å². The smallest absolute Gasteiger partial charge is 0.254 e. The number of benzene rings is 1. The standard InChI is InChI=1S/C21H30N2O5/c1-2-26-16-20(24)23-9-3-4-17(14-23)15-28-19-7-5-18(6-8-19)21(25)22-10-12-27-13-11-22/h5-8,17H,2-4,9-16H2,1H3/t17-/m0/s1. The lowest BCUT2D eigenvalue weighted by molar-refractivity contribution is -0.138. The van der Waals surface area contributed by atoms with Gasteiger partial charge < -0.3 is 24.0 Å². The van der Waals surface area contributed by atoms with E-state index < -0.39 is 0 Å². The number of morpholine rings is 1. The summed E-state index contributed by atoms with van der Waals surface area (Å²) in [5.74, 6) is 1.15. The summed E-state index contributed by atoms with van der Waals surface area (Å²) in [7, 11) is 0. The third-order valence-corrected chi connectivity index (χ3v) is 5.19. The summed E-state index contributed by atoms with van der Waals surface area (Å²) in [6.07, 6.45) is 2.03. The number of carbonyl (C=O) groups is 2. The third-order valence-electron chi connectivity index (χ3n) is 5.19. The summed E-state index contributed by atoms with van der Waals surface area (Å²) in [6, 6.07) is 7.31. The van der Waals surface area contributed by atoms with E-state index in [0.717, 1.165) is 25.1 Å². The van der Waals surface area contributed by atoms with E-state index in [0.29, 0.717) is 57.5 Å². The Bertz CT molecular complexity index is 643. The maximum atomic E-state index is 12.5.